The molecule has 1 aromatic rings. The van der Waals surface area contributed by atoms with Gasteiger partial charge in [-0.05, 0) is 24.3 Å². The van der Waals surface area contributed by atoms with Crippen LogP contribution in [-0.4, -0.2) is 34.5 Å². The van der Waals surface area contributed by atoms with Crippen molar-refractivity contribution in [3.05, 3.63) is 21.3 Å². The lowest BCUT2D eigenvalue weighted by Gasteiger charge is -2.22. The Balaban J connectivity index is 2.14. The first-order valence-electron chi connectivity index (χ1n) is 5.35. The molecule has 1 fully saturated rings. The van der Waals surface area contributed by atoms with E-state index in [1.165, 1.54) is 11.3 Å². The lowest BCUT2D eigenvalue weighted by molar-refractivity contribution is -0.137. The summed E-state index contributed by atoms with van der Waals surface area (Å²) in [5.41, 5.74) is 0. The fourth-order valence-electron chi connectivity index (χ4n) is 2.09. The molecule has 92 valence electrons. The van der Waals surface area contributed by atoms with Gasteiger partial charge >= 0.3 is 5.97 Å². The van der Waals surface area contributed by atoms with E-state index in [9.17, 15) is 9.59 Å². The second-order valence-electron chi connectivity index (χ2n) is 3.99. The van der Waals surface area contributed by atoms with Gasteiger partial charge < -0.3 is 10.0 Å². The zero-order valence-electron chi connectivity index (χ0n) is 9.06. The molecule has 0 radical (unpaired) electrons. The Kier molecular flexibility index (Phi) is 3.69. The van der Waals surface area contributed by atoms with Crippen molar-refractivity contribution in [2.45, 2.75) is 25.3 Å². The van der Waals surface area contributed by atoms with E-state index < -0.39 is 5.97 Å². The van der Waals surface area contributed by atoms with Gasteiger partial charge in [0.25, 0.3) is 5.91 Å². The molecule has 0 spiro atoms. The minimum atomic E-state index is -0.869. The van der Waals surface area contributed by atoms with Crippen LogP contribution in [0.15, 0.2) is 11.4 Å². The van der Waals surface area contributed by atoms with Crippen LogP contribution in [0.4, 0.5) is 0 Å². The summed E-state index contributed by atoms with van der Waals surface area (Å²) in [5, 5.41) is 11.0. The first kappa shape index (κ1) is 12.4. The quantitative estimate of drug-likeness (QED) is 0.920. The molecule has 1 aromatic heterocycles. The average Bonchev–Trinajstić information content (AvgIpc) is 2.85. The van der Waals surface area contributed by atoms with Crippen LogP contribution >= 0.6 is 22.9 Å². The number of likely N-dealkylation sites (tertiary alicyclic amines) is 1. The lowest BCUT2D eigenvalue weighted by Crippen LogP contribution is -2.36. The van der Waals surface area contributed by atoms with E-state index in [1.807, 2.05) is 0 Å². The number of carbonyl (C=O) groups excluding carboxylic acids is 1. The van der Waals surface area contributed by atoms with Crippen LogP contribution < -0.4 is 0 Å². The first-order valence-corrected chi connectivity index (χ1v) is 6.61. The number of halogens is 1. The highest BCUT2D eigenvalue weighted by atomic mass is 35.5. The van der Waals surface area contributed by atoms with E-state index >= 15 is 0 Å². The highest BCUT2D eigenvalue weighted by molar-refractivity contribution is 7.12. The SMILES string of the molecule is O=C(O)CC1CCCN1C(=O)c1sccc1Cl. The fourth-order valence-corrected chi connectivity index (χ4v) is 3.18. The maximum Gasteiger partial charge on any atom is 0.305 e. The summed E-state index contributed by atoms with van der Waals surface area (Å²) in [4.78, 5) is 25.0. The Morgan fingerprint density at radius 2 is 2.35 bits per heavy atom. The Hall–Kier alpha value is -1.07. The average molecular weight is 274 g/mol. The molecule has 17 heavy (non-hydrogen) atoms. The van der Waals surface area contributed by atoms with Crippen LogP contribution in [0.3, 0.4) is 0 Å². The van der Waals surface area contributed by atoms with Crippen molar-refractivity contribution in [1.29, 1.82) is 0 Å². The standard InChI is InChI=1S/C11H12ClNO3S/c12-8-3-5-17-10(8)11(16)13-4-1-2-7(13)6-9(14)15/h3,5,7H,1-2,4,6H2,(H,14,15). The molecular weight excluding hydrogens is 262 g/mol. The third-order valence-corrected chi connectivity index (χ3v) is 4.19. The molecule has 4 nitrogen and oxygen atoms in total. The van der Waals surface area contributed by atoms with E-state index in [4.69, 9.17) is 16.7 Å². The minimum absolute atomic E-state index is 0.00866. The van der Waals surface area contributed by atoms with E-state index in [1.54, 1.807) is 16.3 Å². The molecule has 0 aromatic carbocycles. The summed E-state index contributed by atoms with van der Waals surface area (Å²) in [6, 6.07) is 1.49. The van der Waals surface area contributed by atoms with Gasteiger partial charge in [-0.1, -0.05) is 11.6 Å². The predicted molar refractivity (Wildman–Crippen MR) is 65.6 cm³/mol. The van der Waals surface area contributed by atoms with Crippen LogP contribution in [0.1, 0.15) is 28.9 Å². The maximum atomic E-state index is 12.2. The molecule has 1 unspecified atom stereocenters. The number of hydrogen-bond donors (Lipinski definition) is 1. The third-order valence-electron chi connectivity index (χ3n) is 2.86. The van der Waals surface area contributed by atoms with E-state index in [0.717, 1.165) is 12.8 Å². The predicted octanol–water partition coefficient (Wildman–Crippen LogP) is 2.48. The molecule has 6 heteroatoms. The highest BCUT2D eigenvalue weighted by Gasteiger charge is 2.32. The van der Waals surface area contributed by atoms with Gasteiger partial charge in [0.1, 0.15) is 4.88 Å². The fraction of sp³-hybridized carbons (Fsp3) is 0.455. The molecule has 1 atom stereocenters. The van der Waals surface area contributed by atoms with Gasteiger partial charge in [0.2, 0.25) is 0 Å². The summed E-state index contributed by atoms with van der Waals surface area (Å²) < 4.78 is 0. The van der Waals surface area contributed by atoms with Crippen molar-refractivity contribution in [3.63, 3.8) is 0 Å². The first-order chi connectivity index (χ1) is 8.09. The molecule has 1 saturated heterocycles. The molecule has 1 N–H and O–H groups in total. The van der Waals surface area contributed by atoms with Crippen LogP contribution in [0.25, 0.3) is 0 Å². The number of rotatable bonds is 3. The Labute approximate surface area is 108 Å². The van der Waals surface area contributed by atoms with Crippen LogP contribution in [0.5, 0.6) is 0 Å². The topological polar surface area (TPSA) is 57.6 Å². The molecule has 1 amide bonds. The lowest BCUT2D eigenvalue weighted by atomic mass is 10.1. The summed E-state index contributed by atoms with van der Waals surface area (Å²) in [7, 11) is 0. The molecule has 2 heterocycles. The zero-order valence-corrected chi connectivity index (χ0v) is 10.6. The zero-order chi connectivity index (χ0) is 12.4. The van der Waals surface area contributed by atoms with E-state index in [-0.39, 0.29) is 18.4 Å². The summed E-state index contributed by atoms with van der Waals surface area (Å²) in [6.45, 7) is 0.616. The van der Waals surface area contributed by atoms with Crippen molar-refractivity contribution in [2.75, 3.05) is 6.54 Å². The van der Waals surface area contributed by atoms with Crippen molar-refractivity contribution in [3.8, 4) is 0 Å². The Bertz CT molecular complexity index is 446. The van der Waals surface area contributed by atoms with Crippen LogP contribution in [0.2, 0.25) is 5.02 Å². The molecule has 1 aliphatic heterocycles. The Morgan fingerprint density at radius 1 is 1.59 bits per heavy atom. The number of carboxylic acids is 1. The van der Waals surface area contributed by atoms with Gasteiger partial charge in [-0.3, -0.25) is 9.59 Å². The van der Waals surface area contributed by atoms with Gasteiger partial charge in [-0.2, -0.15) is 0 Å². The van der Waals surface area contributed by atoms with Gasteiger partial charge in [0.05, 0.1) is 11.4 Å². The molecule has 2 rings (SSSR count). The van der Waals surface area contributed by atoms with E-state index in [0.29, 0.717) is 16.4 Å². The minimum Gasteiger partial charge on any atom is -0.481 e. The second-order valence-corrected chi connectivity index (χ2v) is 5.31. The largest absolute Gasteiger partial charge is 0.481 e. The van der Waals surface area contributed by atoms with Crippen molar-refractivity contribution in [1.82, 2.24) is 4.90 Å². The molecular formula is C11H12ClNO3S. The van der Waals surface area contributed by atoms with Gasteiger partial charge in [-0.25, -0.2) is 0 Å². The van der Waals surface area contributed by atoms with Gasteiger partial charge in [0, 0.05) is 12.6 Å². The molecule has 0 saturated carbocycles. The second kappa shape index (κ2) is 5.06. The highest BCUT2D eigenvalue weighted by Crippen LogP contribution is 2.28. The van der Waals surface area contributed by atoms with Crippen molar-refractivity contribution in [2.24, 2.45) is 0 Å². The van der Waals surface area contributed by atoms with Gasteiger partial charge in [-0.15, -0.1) is 11.3 Å². The third kappa shape index (κ3) is 2.61. The molecule has 1 aliphatic rings. The number of hydrogen-bond acceptors (Lipinski definition) is 3. The van der Waals surface area contributed by atoms with Crippen LogP contribution in [0, 0.1) is 0 Å². The van der Waals surface area contributed by atoms with Crippen molar-refractivity contribution < 1.29 is 14.7 Å². The number of carbonyl (C=O) groups is 2. The maximum absolute atomic E-state index is 12.2. The number of aliphatic carboxylic acids is 1. The Morgan fingerprint density at radius 3 is 2.94 bits per heavy atom. The van der Waals surface area contributed by atoms with Crippen molar-refractivity contribution >= 4 is 34.8 Å². The smallest absolute Gasteiger partial charge is 0.305 e. The molecule has 0 aliphatic carbocycles. The summed E-state index contributed by atoms with van der Waals surface area (Å²) in [5.74, 6) is -1.01. The molecule has 0 bridgehead atoms. The number of carboxylic acid groups (broad SMARTS) is 1. The van der Waals surface area contributed by atoms with Gasteiger partial charge in [0.15, 0.2) is 0 Å². The monoisotopic (exact) mass is 273 g/mol. The number of amides is 1. The van der Waals surface area contributed by atoms with E-state index in [2.05, 4.69) is 0 Å². The summed E-state index contributed by atoms with van der Waals surface area (Å²) >= 11 is 7.21. The van der Waals surface area contributed by atoms with Crippen LogP contribution in [-0.2, 0) is 4.79 Å². The number of thiophene rings is 1. The summed E-state index contributed by atoms with van der Waals surface area (Å²) in [6.07, 6.45) is 1.61. The number of nitrogens with zero attached hydrogens (tertiary/aromatic N) is 1. The normalized spacial score (nSPS) is 19.6.